The first-order chi connectivity index (χ1) is 10.8. The molecule has 0 amide bonds. The zero-order valence-electron chi connectivity index (χ0n) is 12.3. The van der Waals surface area contributed by atoms with Gasteiger partial charge in [-0.3, -0.25) is 0 Å². The molecule has 1 aliphatic rings. The number of rotatable bonds is 3. The lowest BCUT2D eigenvalue weighted by Crippen LogP contribution is -2.17. The highest BCUT2D eigenvalue weighted by atomic mass is 16.5. The SMILES string of the molecule is COc1ccc(-c2noc(C3CCn4cncc4C3)n2)cc1. The first-order valence-electron chi connectivity index (χ1n) is 7.30. The van der Waals surface area contributed by atoms with Crippen molar-refractivity contribution in [1.29, 1.82) is 0 Å². The number of imidazole rings is 1. The second kappa shape index (κ2) is 5.29. The molecular weight excluding hydrogens is 280 g/mol. The predicted octanol–water partition coefficient (Wildman–Crippen LogP) is 2.67. The first-order valence-corrected chi connectivity index (χ1v) is 7.30. The van der Waals surface area contributed by atoms with Gasteiger partial charge in [0.25, 0.3) is 0 Å². The lowest BCUT2D eigenvalue weighted by Gasteiger charge is -2.20. The van der Waals surface area contributed by atoms with Crippen LogP contribution in [0.5, 0.6) is 5.75 Å². The van der Waals surface area contributed by atoms with Crippen molar-refractivity contribution in [2.45, 2.75) is 25.3 Å². The number of benzene rings is 1. The van der Waals surface area contributed by atoms with Crippen LogP contribution < -0.4 is 4.74 Å². The van der Waals surface area contributed by atoms with Gasteiger partial charge in [0.05, 0.1) is 13.4 Å². The maximum atomic E-state index is 5.48. The number of aromatic nitrogens is 4. The quantitative estimate of drug-likeness (QED) is 0.743. The van der Waals surface area contributed by atoms with Gasteiger partial charge in [-0.05, 0) is 30.7 Å². The minimum atomic E-state index is 0.267. The van der Waals surface area contributed by atoms with Crippen molar-refractivity contribution >= 4 is 0 Å². The summed E-state index contributed by atoms with van der Waals surface area (Å²) in [6.07, 6.45) is 5.67. The number of hydrogen-bond acceptors (Lipinski definition) is 5. The maximum absolute atomic E-state index is 5.48. The normalized spacial score (nSPS) is 17.2. The highest BCUT2D eigenvalue weighted by Crippen LogP contribution is 2.29. The molecule has 0 fully saturated rings. The van der Waals surface area contributed by atoms with Crippen LogP contribution in [-0.4, -0.2) is 26.8 Å². The summed E-state index contributed by atoms with van der Waals surface area (Å²) in [5.74, 6) is 2.41. The molecule has 1 aliphatic heterocycles. The topological polar surface area (TPSA) is 66.0 Å². The fourth-order valence-electron chi connectivity index (χ4n) is 2.84. The van der Waals surface area contributed by atoms with E-state index in [2.05, 4.69) is 19.7 Å². The molecule has 0 aliphatic carbocycles. The Labute approximate surface area is 127 Å². The third-order valence-corrected chi connectivity index (χ3v) is 4.11. The highest BCUT2D eigenvalue weighted by Gasteiger charge is 2.25. The number of aryl methyl sites for hydroxylation is 1. The van der Waals surface area contributed by atoms with Crippen LogP contribution in [0.1, 0.15) is 23.9 Å². The fourth-order valence-corrected chi connectivity index (χ4v) is 2.84. The van der Waals surface area contributed by atoms with Crippen LogP contribution in [0.2, 0.25) is 0 Å². The predicted molar refractivity (Wildman–Crippen MR) is 79.6 cm³/mol. The zero-order chi connectivity index (χ0) is 14.9. The van der Waals surface area contributed by atoms with Gasteiger partial charge in [-0.15, -0.1) is 0 Å². The largest absolute Gasteiger partial charge is 0.497 e. The second-order valence-corrected chi connectivity index (χ2v) is 5.45. The molecule has 22 heavy (non-hydrogen) atoms. The third kappa shape index (κ3) is 2.26. The van der Waals surface area contributed by atoms with E-state index in [1.165, 1.54) is 5.69 Å². The molecule has 0 saturated carbocycles. The van der Waals surface area contributed by atoms with Crippen LogP contribution in [0.25, 0.3) is 11.4 Å². The van der Waals surface area contributed by atoms with Gasteiger partial charge in [0.2, 0.25) is 11.7 Å². The minimum Gasteiger partial charge on any atom is -0.497 e. The average Bonchev–Trinajstić information content (AvgIpc) is 3.23. The Morgan fingerprint density at radius 2 is 2.14 bits per heavy atom. The lowest BCUT2D eigenvalue weighted by molar-refractivity contribution is 0.325. The van der Waals surface area contributed by atoms with Crippen LogP contribution >= 0.6 is 0 Å². The van der Waals surface area contributed by atoms with Crippen LogP contribution in [0.15, 0.2) is 41.3 Å². The smallest absolute Gasteiger partial charge is 0.230 e. The van der Waals surface area contributed by atoms with Crippen LogP contribution in [0, 0.1) is 0 Å². The molecule has 0 N–H and O–H groups in total. The van der Waals surface area contributed by atoms with Gasteiger partial charge >= 0.3 is 0 Å². The summed E-state index contributed by atoms with van der Waals surface area (Å²) in [4.78, 5) is 8.75. The van der Waals surface area contributed by atoms with Gasteiger partial charge in [-0.2, -0.15) is 4.98 Å². The number of fused-ring (bicyclic) bond motifs is 1. The van der Waals surface area contributed by atoms with Crippen LogP contribution in [0.4, 0.5) is 0 Å². The van der Waals surface area contributed by atoms with E-state index in [9.17, 15) is 0 Å². The molecule has 4 rings (SSSR count). The van der Waals surface area contributed by atoms with E-state index in [0.29, 0.717) is 11.7 Å². The van der Waals surface area contributed by atoms with Gasteiger partial charge in [0.15, 0.2) is 0 Å². The van der Waals surface area contributed by atoms with Crippen molar-refractivity contribution < 1.29 is 9.26 Å². The molecule has 6 heteroatoms. The first kappa shape index (κ1) is 13.1. The molecule has 3 heterocycles. The molecule has 2 aromatic heterocycles. The van der Waals surface area contributed by atoms with E-state index < -0.39 is 0 Å². The van der Waals surface area contributed by atoms with Gasteiger partial charge in [0.1, 0.15) is 5.75 Å². The third-order valence-electron chi connectivity index (χ3n) is 4.11. The van der Waals surface area contributed by atoms with E-state index in [1.54, 1.807) is 7.11 Å². The highest BCUT2D eigenvalue weighted by molar-refractivity contribution is 5.55. The van der Waals surface area contributed by atoms with E-state index in [4.69, 9.17) is 9.26 Å². The number of nitrogens with zero attached hydrogens (tertiary/aromatic N) is 4. The Hall–Kier alpha value is -2.63. The summed E-state index contributed by atoms with van der Waals surface area (Å²) >= 11 is 0. The van der Waals surface area contributed by atoms with Crippen molar-refractivity contribution in [3.8, 4) is 17.1 Å². The average molecular weight is 296 g/mol. The molecule has 112 valence electrons. The number of hydrogen-bond donors (Lipinski definition) is 0. The number of methoxy groups -OCH3 is 1. The summed E-state index contributed by atoms with van der Waals surface area (Å²) in [7, 11) is 1.65. The van der Waals surface area contributed by atoms with Gasteiger partial charge in [-0.1, -0.05) is 5.16 Å². The molecule has 0 radical (unpaired) electrons. The van der Waals surface area contributed by atoms with Crippen molar-refractivity contribution in [3.63, 3.8) is 0 Å². The zero-order valence-corrected chi connectivity index (χ0v) is 12.3. The van der Waals surface area contributed by atoms with Gasteiger partial charge in [0, 0.05) is 36.3 Å². The molecule has 1 atom stereocenters. The van der Waals surface area contributed by atoms with E-state index in [1.807, 2.05) is 36.8 Å². The fraction of sp³-hybridized carbons (Fsp3) is 0.312. The molecule has 1 aromatic carbocycles. The van der Waals surface area contributed by atoms with E-state index in [0.717, 1.165) is 30.7 Å². The van der Waals surface area contributed by atoms with Crippen molar-refractivity contribution in [3.05, 3.63) is 48.4 Å². The van der Waals surface area contributed by atoms with Crippen molar-refractivity contribution in [1.82, 2.24) is 19.7 Å². The summed E-state index contributed by atoms with van der Waals surface area (Å²) in [5.41, 5.74) is 2.15. The van der Waals surface area contributed by atoms with Gasteiger partial charge in [-0.25, -0.2) is 4.98 Å². The van der Waals surface area contributed by atoms with Crippen molar-refractivity contribution in [2.75, 3.05) is 7.11 Å². The summed E-state index contributed by atoms with van der Waals surface area (Å²) < 4.78 is 12.8. The standard InChI is InChI=1S/C16H16N4O2/c1-21-14-4-2-11(3-5-14)15-18-16(22-19-15)12-6-7-20-10-17-9-13(20)8-12/h2-5,9-10,12H,6-8H2,1H3. The minimum absolute atomic E-state index is 0.267. The van der Waals surface area contributed by atoms with Crippen LogP contribution in [-0.2, 0) is 13.0 Å². The molecule has 0 bridgehead atoms. The molecule has 1 unspecified atom stereocenters. The summed E-state index contributed by atoms with van der Waals surface area (Å²) in [6.45, 7) is 0.945. The Morgan fingerprint density at radius 1 is 1.27 bits per heavy atom. The molecule has 3 aromatic rings. The molecule has 6 nitrogen and oxygen atoms in total. The summed E-state index contributed by atoms with van der Waals surface area (Å²) in [6, 6.07) is 7.65. The molecular formula is C16H16N4O2. The maximum Gasteiger partial charge on any atom is 0.230 e. The lowest BCUT2D eigenvalue weighted by atomic mass is 9.96. The summed E-state index contributed by atoms with van der Waals surface area (Å²) in [5, 5.41) is 4.11. The van der Waals surface area contributed by atoms with Crippen molar-refractivity contribution in [2.24, 2.45) is 0 Å². The number of ether oxygens (including phenoxy) is 1. The monoisotopic (exact) mass is 296 g/mol. The Bertz CT molecular complexity index is 776. The molecule has 0 saturated heterocycles. The Balaban J connectivity index is 1.56. The Kier molecular flexibility index (Phi) is 3.14. The van der Waals surface area contributed by atoms with E-state index in [-0.39, 0.29) is 5.92 Å². The second-order valence-electron chi connectivity index (χ2n) is 5.45. The van der Waals surface area contributed by atoms with Crippen LogP contribution in [0.3, 0.4) is 0 Å². The van der Waals surface area contributed by atoms with E-state index >= 15 is 0 Å². The molecule has 0 spiro atoms. The Morgan fingerprint density at radius 3 is 2.95 bits per heavy atom. The van der Waals surface area contributed by atoms with Gasteiger partial charge < -0.3 is 13.8 Å².